The van der Waals surface area contributed by atoms with Gasteiger partial charge in [0.1, 0.15) is 0 Å². The summed E-state index contributed by atoms with van der Waals surface area (Å²) in [4.78, 5) is 45.5. The number of Topliss-reactive ketones (excluding diaryl/α,β-unsaturated/α-hetero) is 3. The number of ether oxygens (including phenoxy) is 1. The van der Waals surface area contributed by atoms with Crippen molar-refractivity contribution in [2.75, 3.05) is 7.11 Å². The Hall–Kier alpha value is -3.08. The van der Waals surface area contributed by atoms with Crippen molar-refractivity contribution in [3.63, 3.8) is 0 Å². The van der Waals surface area contributed by atoms with Crippen LogP contribution in [0.3, 0.4) is 0 Å². The summed E-state index contributed by atoms with van der Waals surface area (Å²) in [5.41, 5.74) is 2.54. The normalized spacial score (nSPS) is 10.1. The smallest absolute Gasteiger partial charge is 0.379 e. The molecule has 0 saturated carbocycles. The Morgan fingerprint density at radius 3 is 1.54 bits per heavy atom. The van der Waals surface area contributed by atoms with Crippen LogP contribution >= 0.6 is 0 Å². The summed E-state index contributed by atoms with van der Waals surface area (Å²) in [6, 6.07) is 13.5. The fraction of sp³-hybridized carbons (Fsp3) is 0.158. The lowest BCUT2D eigenvalue weighted by molar-refractivity contribution is -0.135. The Bertz CT molecular complexity index is 786. The Morgan fingerprint density at radius 2 is 1.17 bits per heavy atom. The number of ketones is 3. The van der Waals surface area contributed by atoms with Crippen LogP contribution in [0, 0.1) is 0 Å². The van der Waals surface area contributed by atoms with E-state index < -0.39 is 23.3 Å². The van der Waals surface area contributed by atoms with Crippen LogP contribution in [0.4, 0.5) is 0 Å². The maximum atomic E-state index is 11.7. The first-order chi connectivity index (χ1) is 11.4. The second kappa shape index (κ2) is 7.46. The van der Waals surface area contributed by atoms with Crippen LogP contribution in [0.15, 0.2) is 48.5 Å². The molecule has 5 heteroatoms. The van der Waals surface area contributed by atoms with Crippen molar-refractivity contribution in [2.45, 2.75) is 13.3 Å². The molecule has 0 spiro atoms. The lowest BCUT2D eigenvalue weighted by Gasteiger charge is -2.05. The molecule has 0 saturated heterocycles. The van der Waals surface area contributed by atoms with Gasteiger partial charge in [-0.3, -0.25) is 14.4 Å². The number of hydrogen-bond acceptors (Lipinski definition) is 5. The van der Waals surface area contributed by atoms with Crippen LogP contribution in [-0.2, 0) is 20.7 Å². The molecule has 0 radical (unpaired) electrons. The van der Waals surface area contributed by atoms with Crippen molar-refractivity contribution >= 4 is 23.3 Å². The predicted octanol–water partition coefficient (Wildman–Crippen LogP) is 2.40. The molecular formula is C19H16O5. The molecule has 0 atom stereocenters. The van der Waals surface area contributed by atoms with Crippen molar-refractivity contribution in [2.24, 2.45) is 0 Å². The number of carbonyl (C=O) groups is 4. The summed E-state index contributed by atoms with van der Waals surface area (Å²) in [6.45, 7) is 1.24. The summed E-state index contributed by atoms with van der Waals surface area (Å²) in [5.74, 6) is -2.58. The van der Waals surface area contributed by atoms with Crippen molar-refractivity contribution in [3.8, 4) is 0 Å². The molecule has 0 amide bonds. The molecule has 2 aromatic carbocycles. The van der Waals surface area contributed by atoms with Gasteiger partial charge in [-0.2, -0.15) is 0 Å². The van der Waals surface area contributed by atoms with Gasteiger partial charge in [0.25, 0.3) is 5.78 Å². The van der Waals surface area contributed by atoms with Gasteiger partial charge in [0.2, 0.25) is 5.78 Å². The molecule has 0 aliphatic rings. The molecule has 0 aliphatic heterocycles. The van der Waals surface area contributed by atoms with Crippen LogP contribution < -0.4 is 0 Å². The van der Waals surface area contributed by atoms with Gasteiger partial charge in [-0.1, -0.05) is 48.5 Å². The van der Waals surface area contributed by atoms with Gasteiger partial charge in [-0.15, -0.1) is 0 Å². The van der Waals surface area contributed by atoms with E-state index in [4.69, 9.17) is 0 Å². The van der Waals surface area contributed by atoms with Gasteiger partial charge >= 0.3 is 5.97 Å². The Labute approximate surface area is 139 Å². The topological polar surface area (TPSA) is 77.5 Å². The van der Waals surface area contributed by atoms with Gasteiger partial charge in [0.15, 0.2) is 5.78 Å². The van der Waals surface area contributed by atoms with E-state index in [-0.39, 0.29) is 5.56 Å². The SMILES string of the molecule is COC(=O)C(=O)c1ccc(Cc2ccc(C(=O)C(C)=O)cc2)cc1. The first kappa shape index (κ1) is 17.3. The third-order valence-corrected chi connectivity index (χ3v) is 3.53. The molecule has 0 bridgehead atoms. The number of rotatable bonds is 6. The first-order valence-corrected chi connectivity index (χ1v) is 7.28. The Balaban J connectivity index is 2.09. The fourth-order valence-electron chi connectivity index (χ4n) is 2.20. The summed E-state index contributed by atoms with van der Waals surface area (Å²) >= 11 is 0. The maximum absolute atomic E-state index is 11.7. The number of carbonyl (C=O) groups excluding carboxylic acids is 4. The van der Waals surface area contributed by atoms with Crippen molar-refractivity contribution in [1.29, 1.82) is 0 Å². The van der Waals surface area contributed by atoms with Gasteiger partial charge < -0.3 is 4.74 Å². The van der Waals surface area contributed by atoms with Crippen LogP contribution in [0.5, 0.6) is 0 Å². The highest BCUT2D eigenvalue weighted by Crippen LogP contribution is 2.13. The molecule has 122 valence electrons. The van der Waals surface area contributed by atoms with Crippen molar-refractivity contribution in [1.82, 2.24) is 0 Å². The van der Waals surface area contributed by atoms with E-state index in [1.807, 2.05) is 0 Å². The molecule has 2 aromatic rings. The minimum Gasteiger partial charge on any atom is -0.463 e. The minimum atomic E-state index is -0.895. The molecule has 2 rings (SSSR count). The van der Waals surface area contributed by atoms with Crippen molar-refractivity contribution in [3.05, 3.63) is 70.8 Å². The monoisotopic (exact) mass is 324 g/mol. The van der Waals surface area contributed by atoms with Gasteiger partial charge in [-0.05, 0) is 17.5 Å². The summed E-state index contributed by atoms with van der Waals surface area (Å²) in [7, 11) is 1.16. The van der Waals surface area contributed by atoms with Crippen LogP contribution in [-0.4, -0.2) is 30.4 Å². The lowest BCUT2D eigenvalue weighted by Crippen LogP contribution is -2.15. The van der Waals surface area contributed by atoms with Gasteiger partial charge in [-0.25, -0.2) is 4.79 Å². The van der Waals surface area contributed by atoms with E-state index in [0.717, 1.165) is 18.2 Å². The zero-order chi connectivity index (χ0) is 17.7. The number of benzene rings is 2. The molecular weight excluding hydrogens is 308 g/mol. The largest absolute Gasteiger partial charge is 0.463 e. The summed E-state index contributed by atoms with van der Waals surface area (Å²) in [6.07, 6.45) is 0.598. The number of hydrogen-bond donors (Lipinski definition) is 0. The van der Waals surface area contributed by atoms with Gasteiger partial charge in [0.05, 0.1) is 7.11 Å². The predicted molar refractivity (Wildman–Crippen MR) is 87.0 cm³/mol. The Morgan fingerprint density at radius 1 is 0.750 bits per heavy atom. The van der Waals surface area contributed by atoms with E-state index in [0.29, 0.717) is 12.0 Å². The third-order valence-electron chi connectivity index (χ3n) is 3.53. The third kappa shape index (κ3) is 4.01. The zero-order valence-electron chi connectivity index (χ0n) is 13.4. The molecule has 0 heterocycles. The Kier molecular flexibility index (Phi) is 5.37. The minimum absolute atomic E-state index is 0.271. The fourth-order valence-corrected chi connectivity index (χ4v) is 2.20. The molecule has 0 aliphatic carbocycles. The quantitative estimate of drug-likeness (QED) is 0.463. The lowest BCUT2D eigenvalue weighted by atomic mass is 10.00. The van der Waals surface area contributed by atoms with Crippen LogP contribution in [0.25, 0.3) is 0 Å². The molecule has 0 fully saturated rings. The summed E-state index contributed by atoms with van der Waals surface area (Å²) < 4.78 is 4.40. The molecule has 0 N–H and O–H groups in total. The molecule has 24 heavy (non-hydrogen) atoms. The number of esters is 1. The van der Waals surface area contributed by atoms with Crippen LogP contribution in [0.2, 0.25) is 0 Å². The highest BCUT2D eigenvalue weighted by Gasteiger charge is 2.16. The zero-order valence-corrected chi connectivity index (χ0v) is 13.4. The second-order valence-corrected chi connectivity index (χ2v) is 5.28. The van der Waals surface area contributed by atoms with E-state index in [2.05, 4.69) is 4.74 Å². The van der Waals surface area contributed by atoms with Gasteiger partial charge in [0, 0.05) is 18.1 Å². The maximum Gasteiger partial charge on any atom is 0.379 e. The number of methoxy groups -OCH3 is 1. The van der Waals surface area contributed by atoms with E-state index in [1.165, 1.54) is 6.92 Å². The second-order valence-electron chi connectivity index (χ2n) is 5.28. The van der Waals surface area contributed by atoms with Crippen molar-refractivity contribution < 1.29 is 23.9 Å². The highest BCUT2D eigenvalue weighted by atomic mass is 16.5. The first-order valence-electron chi connectivity index (χ1n) is 7.28. The van der Waals surface area contributed by atoms with E-state index in [9.17, 15) is 19.2 Å². The molecule has 5 nitrogen and oxygen atoms in total. The van der Waals surface area contributed by atoms with E-state index >= 15 is 0 Å². The van der Waals surface area contributed by atoms with Crippen LogP contribution in [0.1, 0.15) is 38.8 Å². The standard InChI is InChI=1S/C19H16O5/c1-12(20)17(21)15-7-3-13(4-8-15)11-14-5-9-16(10-6-14)18(22)19(23)24-2/h3-10H,11H2,1-2H3. The highest BCUT2D eigenvalue weighted by molar-refractivity contribution is 6.42. The average molecular weight is 324 g/mol. The summed E-state index contributed by atoms with van der Waals surface area (Å²) in [5, 5.41) is 0. The van der Waals surface area contributed by atoms with E-state index in [1.54, 1.807) is 48.5 Å². The molecule has 0 aromatic heterocycles. The molecule has 0 unspecified atom stereocenters. The average Bonchev–Trinajstić information content (AvgIpc) is 2.61.